The molecule has 3 aromatic rings. The molecule has 2 aliphatic rings. The summed E-state index contributed by atoms with van der Waals surface area (Å²) in [6, 6.07) is 12.6. The van der Waals surface area contributed by atoms with Gasteiger partial charge in [0.25, 0.3) is 0 Å². The predicted octanol–water partition coefficient (Wildman–Crippen LogP) is 4.37. The Morgan fingerprint density at radius 2 is 1.97 bits per heavy atom. The van der Waals surface area contributed by atoms with Gasteiger partial charge in [0, 0.05) is 44.2 Å². The zero-order valence-corrected chi connectivity index (χ0v) is 17.8. The summed E-state index contributed by atoms with van der Waals surface area (Å²) in [4.78, 5) is 14.0. The highest BCUT2D eigenvalue weighted by Gasteiger charge is 2.17. The first-order valence-corrected chi connectivity index (χ1v) is 10.9. The van der Waals surface area contributed by atoms with Gasteiger partial charge < -0.3 is 19.5 Å². The largest absolute Gasteiger partial charge is 0.472 e. The predicted molar refractivity (Wildman–Crippen MR) is 127 cm³/mol. The third-order valence-electron chi connectivity index (χ3n) is 6.05. The third-order valence-corrected chi connectivity index (χ3v) is 6.05. The van der Waals surface area contributed by atoms with Gasteiger partial charge in [0.1, 0.15) is 5.82 Å². The number of hydrogen-bond acceptors (Lipinski definition) is 6. The molecule has 5 rings (SSSR count). The van der Waals surface area contributed by atoms with E-state index in [0.717, 1.165) is 66.5 Å². The monoisotopic (exact) mass is 413 g/mol. The number of benzene rings is 1. The van der Waals surface area contributed by atoms with Gasteiger partial charge in [-0.25, -0.2) is 4.98 Å². The molecule has 1 saturated heterocycles. The lowest BCUT2D eigenvalue weighted by Gasteiger charge is -2.34. The van der Waals surface area contributed by atoms with Crippen LogP contribution in [0.2, 0.25) is 0 Å². The Labute approximate surface area is 182 Å². The number of rotatable bonds is 5. The van der Waals surface area contributed by atoms with E-state index in [4.69, 9.17) is 4.42 Å². The minimum absolute atomic E-state index is 0.655. The van der Waals surface area contributed by atoms with Crippen LogP contribution >= 0.6 is 0 Å². The lowest BCUT2D eigenvalue weighted by atomic mass is 9.94. The average Bonchev–Trinajstić information content (AvgIpc) is 3.38. The molecular formula is C25H27N5O. The molecule has 4 heterocycles. The number of likely N-dealkylation sites (N-methyl/N-ethyl adjacent to an activating group) is 1. The summed E-state index contributed by atoms with van der Waals surface area (Å²) in [7, 11) is 0. The Kier molecular flexibility index (Phi) is 5.54. The highest BCUT2D eigenvalue weighted by molar-refractivity contribution is 5.94. The van der Waals surface area contributed by atoms with Crippen LogP contribution in [0.5, 0.6) is 0 Å². The molecule has 158 valence electrons. The first kappa shape index (κ1) is 19.6. The quantitative estimate of drug-likeness (QED) is 0.673. The first-order chi connectivity index (χ1) is 15.3. The molecule has 6 heteroatoms. The van der Waals surface area contributed by atoms with Gasteiger partial charge >= 0.3 is 0 Å². The number of aromatic nitrogens is 1. The van der Waals surface area contributed by atoms with Crippen molar-refractivity contribution in [2.24, 2.45) is 4.99 Å². The molecular weight excluding hydrogens is 386 g/mol. The molecule has 31 heavy (non-hydrogen) atoms. The minimum atomic E-state index is 0.655. The number of nitrogens with one attached hydrogen (secondary N) is 1. The molecule has 0 atom stereocenters. The van der Waals surface area contributed by atoms with Crippen LogP contribution in [-0.2, 0) is 0 Å². The van der Waals surface area contributed by atoms with Crippen molar-refractivity contribution in [1.82, 2.24) is 9.88 Å². The van der Waals surface area contributed by atoms with Crippen molar-refractivity contribution in [3.05, 3.63) is 72.4 Å². The SMILES string of the molecule is CCN1CCN(c2ccc(N/C=C3\CN=Cc4ccc(-c5ccoc5)cc43)cn2)CC1. The van der Waals surface area contributed by atoms with E-state index < -0.39 is 0 Å². The van der Waals surface area contributed by atoms with E-state index >= 15 is 0 Å². The van der Waals surface area contributed by atoms with Gasteiger partial charge in [-0.05, 0) is 53.1 Å². The number of piperazine rings is 1. The van der Waals surface area contributed by atoms with Gasteiger partial charge in [-0.15, -0.1) is 0 Å². The maximum Gasteiger partial charge on any atom is 0.128 e. The van der Waals surface area contributed by atoms with Crippen molar-refractivity contribution in [2.45, 2.75) is 6.92 Å². The van der Waals surface area contributed by atoms with Gasteiger partial charge in [0.2, 0.25) is 0 Å². The third kappa shape index (κ3) is 4.25. The molecule has 0 radical (unpaired) electrons. The summed E-state index contributed by atoms with van der Waals surface area (Å²) in [6.45, 7) is 8.27. The molecule has 6 nitrogen and oxygen atoms in total. The van der Waals surface area contributed by atoms with E-state index in [2.05, 4.69) is 62.3 Å². The molecule has 0 spiro atoms. The van der Waals surface area contributed by atoms with E-state index in [1.165, 1.54) is 5.56 Å². The van der Waals surface area contributed by atoms with Crippen molar-refractivity contribution >= 4 is 23.3 Å². The van der Waals surface area contributed by atoms with Crippen molar-refractivity contribution in [3.63, 3.8) is 0 Å². The zero-order chi connectivity index (χ0) is 21.0. The Hall–Kier alpha value is -3.38. The lowest BCUT2D eigenvalue weighted by Crippen LogP contribution is -2.46. The fourth-order valence-corrected chi connectivity index (χ4v) is 4.13. The number of hydrogen-bond donors (Lipinski definition) is 1. The van der Waals surface area contributed by atoms with E-state index in [-0.39, 0.29) is 0 Å². The minimum Gasteiger partial charge on any atom is -0.472 e. The van der Waals surface area contributed by atoms with Crippen LogP contribution in [0.1, 0.15) is 18.1 Å². The maximum absolute atomic E-state index is 5.24. The highest BCUT2D eigenvalue weighted by atomic mass is 16.3. The summed E-state index contributed by atoms with van der Waals surface area (Å²) in [5, 5.41) is 3.41. The van der Waals surface area contributed by atoms with E-state index in [9.17, 15) is 0 Å². The second-order valence-electron chi connectivity index (χ2n) is 7.92. The molecule has 1 fully saturated rings. The molecule has 0 bridgehead atoms. The van der Waals surface area contributed by atoms with Crippen LogP contribution < -0.4 is 10.2 Å². The normalized spacial score (nSPS) is 17.7. The molecule has 0 aliphatic carbocycles. The molecule has 0 amide bonds. The van der Waals surface area contributed by atoms with Crippen molar-refractivity contribution in [1.29, 1.82) is 0 Å². The number of pyridine rings is 1. The lowest BCUT2D eigenvalue weighted by molar-refractivity contribution is 0.270. The molecule has 1 N–H and O–H groups in total. The van der Waals surface area contributed by atoms with Crippen LogP contribution in [0.4, 0.5) is 11.5 Å². The number of aliphatic imine (C=N–C) groups is 1. The smallest absolute Gasteiger partial charge is 0.128 e. The van der Waals surface area contributed by atoms with Gasteiger partial charge in [-0.3, -0.25) is 4.99 Å². The van der Waals surface area contributed by atoms with Crippen molar-refractivity contribution in [3.8, 4) is 11.1 Å². The number of furan rings is 1. The van der Waals surface area contributed by atoms with Crippen LogP contribution in [-0.4, -0.2) is 55.4 Å². The van der Waals surface area contributed by atoms with Gasteiger partial charge in [-0.1, -0.05) is 19.1 Å². The summed E-state index contributed by atoms with van der Waals surface area (Å²) < 4.78 is 5.24. The zero-order valence-electron chi connectivity index (χ0n) is 17.8. The highest BCUT2D eigenvalue weighted by Crippen LogP contribution is 2.29. The van der Waals surface area contributed by atoms with Gasteiger partial charge in [0.05, 0.1) is 31.0 Å². The second kappa shape index (κ2) is 8.78. The van der Waals surface area contributed by atoms with Gasteiger partial charge in [-0.2, -0.15) is 0 Å². The molecule has 2 aromatic heterocycles. The first-order valence-electron chi connectivity index (χ1n) is 10.9. The van der Waals surface area contributed by atoms with Crippen LogP contribution in [0.3, 0.4) is 0 Å². The van der Waals surface area contributed by atoms with Crippen LogP contribution in [0.25, 0.3) is 16.7 Å². The summed E-state index contributed by atoms with van der Waals surface area (Å²) >= 11 is 0. The average molecular weight is 414 g/mol. The maximum atomic E-state index is 5.24. The van der Waals surface area contributed by atoms with Crippen molar-refractivity contribution < 1.29 is 4.42 Å². The Bertz CT molecular complexity index is 1080. The molecule has 2 aliphatic heterocycles. The van der Waals surface area contributed by atoms with Crippen molar-refractivity contribution in [2.75, 3.05) is 49.5 Å². The Morgan fingerprint density at radius 1 is 1.06 bits per heavy atom. The van der Waals surface area contributed by atoms with Crippen LogP contribution in [0.15, 0.2) is 70.7 Å². The van der Waals surface area contributed by atoms with E-state index in [1.54, 1.807) is 12.5 Å². The topological polar surface area (TPSA) is 56.9 Å². The number of nitrogens with zero attached hydrogens (tertiary/aromatic N) is 4. The number of anilines is 2. The number of fused-ring (bicyclic) bond motifs is 1. The summed E-state index contributed by atoms with van der Waals surface area (Å²) in [5.74, 6) is 1.05. The molecule has 0 saturated carbocycles. The Morgan fingerprint density at radius 3 is 2.71 bits per heavy atom. The fourth-order valence-electron chi connectivity index (χ4n) is 4.13. The standard InChI is InChI=1S/C25H27N5O/c1-2-29-8-10-30(11-9-29)25-6-5-23(17-28-25)27-16-22-15-26-14-20-4-3-19(13-24(20)22)21-7-12-31-18-21/h3-7,12-14,16-18,27H,2,8-11,15H2,1H3/b22-16+. The summed E-state index contributed by atoms with van der Waals surface area (Å²) in [6.07, 6.45) is 9.38. The van der Waals surface area contributed by atoms with E-state index in [1.807, 2.05) is 24.7 Å². The second-order valence-corrected chi connectivity index (χ2v) is 7.92. The molecule has 1 aromatic carbocycles. The van der Waals surface area contributed by atoms with Gasteiger partial charge in [0.15, 0.2) is 0 Å². The van der Waals surface area contributed by atoms with E-state index in [0.29, 0.717) is 6.54 Å². The van der Waals surface area contributed by atoms with Crippen LogP contribution in [0, 0.1) is 0 Å². The summed E-state index contributed by atoms with van der Waals surface area (Å²) in [5.41, 5.74) is 6.68. The fraction of sp³-hybridized carbons (Fsp3) is 0.280. The Balaban J connectivity index is 1.30. The molecule has 0 unspecified atom stereocenters.